The third kappa shape index (κ3) is 4.16. The molecule has 2 heterocycles. The van der Waals surface area contributed by atoms with E-state index in [1.807, 2.05) is 32.3 Å². The zero-order valence-corrected chi connectivity index (χ0v) is 11.9. The van der Waals surface area contributed by atoms with Crippen LogP contribution in [-0.2, 0) is 18.3 Å². The first-order valence-corrected chi connectivity index (χ1v) is 6.77. The van der Waals surface area contributed by atoms with Gasteiger partial charge in [-0.15, -0.1) is 0 Å². The number of furan rings is 1. The van der Waals surface area contributed by atoms with Crippen molar-refractivity contribution in [2.75, 3.05) is 0 Å². The second kappa shape index (κ2) is 6.80. The lowest BCUT2D eigenvalue weighted by molar-refractivity contribution is -0.117. The predicted octanol–water partition coefficient (Wildman–Crippen LogP) is 2.77. The predicted molar refractivity (Wildman–Crippen MR) is 79.1 cm³/mol. The van der Waals surface area contributed by atoms with Crippen LogP contribution in [0.1, 0.15) is 24.8 Å². The smallest absolute Gasteiger partial charge is 0.244 e. The van der Waals surface area contributed by atoms with E-state index in [1.165, 1.54) is 11.8 Å². The number of amides is 1. The molecule has 2 aromatic heterocycles. The topological polar surface area (TPSA) is 47.2 Å². The molecule has 4 nitrogen and oxygen atoms in total. The van der Waals surface area contributed by atoms with Gasteiger partial charge in [0.1, 0.15) is 5.76 Å². The van der Waals surface area contributed by atoms with E-state index >= 15 is 0 Å². The van der Waals surface area contributed by atoms with Crippen LogP contribution in [0.25, 0.3) is 6.08 Å². The molecule has 0 spiro atoms. The van der Waals surface area contributed by atoms with Crippen molar-refractivity contribution in [1.29, 1.82) is 0 Å². The number of carbonyl (C=O) groups excluding carboxylic acids is 1. The van der Waals surface area contributed by atoms with Gasteiger partial charge in [0.05, 0.1) is 6.26 Å². The second-order valence-corrected chi connectivity index (χ2v) is 4.91. The third-order valence-corrected chi connectivity index (χ3v) is 3.22. The van der Waals surface area contributed by atoms with E-state index in [-0.39, 0.29) is 11.9 Å². The minimum atomic E-state index is -0.0965. The fourth-order valence-corrected chi connectivity index (χ4v) is 2.03. The van der Waals surface area contributed by atoms with E-state index < -0.39 is 0 Å². The lowest BCUT2D eigenvalue weighted by atomic mass is 10.1. The molecule has 0 aliphatic rings. The van der Waals surface area contributed by atoms with Crippen LogP contribution < -0.4 is 5.32 Å². The molecule has 1 atom stereocenters. The Hall–Kier alpha value is -2.23. The standard InChI is InChI=1S/C16H20N2O2/c1-13(7-8-14-5-3-11-18(14)2)17-16(19)10-9-15-6-4-12-20-15/h3-6,9-13H,7-8H2,1-2H3,(H,17,19)/b10-9+. The average Bonchev–Trinajstić information content (AvgIpc) is 3.05. The molecular weight excluding hydrogens is 252 g/mol. The van der Waals surface area contributed by atoms with Crippen LogP contribution >= 0.6 is 0 Å². The van der Waals surface area contributed by atoms with Crippen molar-refractivity contribution in [3.8, 4) is 0 Å². The zero-order valence-electron chi connectivity index (χ0n) is 11.9. The van der Waals surface area contributed by atoms with Crippen LogP contribution in [0.2, 0.25) is 0 Å². The number of nitrogens with one attached hydrogen (secondary N) is 1. The Balaban J connectivity index is 1.75. The summed E-state index contributed by atoms with van der Waals surface area (Å²) in [6.45, 7) is 2.02. The Kier molecular flexibility index (Phi) is 4.82. The van der Waals surface area contributed by atoms with E-state index in [2.05, 4.69) is 16.0 Å². The summed E-state index contributed by atoms with van der Waals surface area (Å²) in [6, 6.07) is 7.87. The largest absolute Gasteiger partial charge is 0.465 e. The summed E-state index contributed by atoms with van der Waals surface area (Å²) in [5.74, 6) is 0.581. The minimum Gasteiger partial charge on any atom is -0.465 e. The number of rotatable bonds is 6. The van der Waals surface area contributed by atoms with E-state index in [0.29, 0.717) is 5.76 Å². The van der Waals surface area contributed by atoms with Gasteiger partial charge in [0.15, 0.2) is 0 Å². The van der Waals surface area contributed by atoms with Crippen LogP contribution in [-0.4, -0.2) is 16.5 Å². The molecule has 2 rings (SSSR count). The van der Waals surface area contributed by atoms with Gasteiger partial charge in [-0.2, -0.15) is 0 Å². The number of aromatic nitrogens is 1. The normalized spacial score (nSPS) is 12.7. The highest BCUT2D eigenvalue weighted by Crippen LogP contribution is 2.06. The summed E-state index contributed by atoms with van der Waals surface area (Å²) in [5.41, 5.74) is 1.28. The van der Waals surface area contributed by atoms with Crippen molar-refractivity contribution < 1.29 is 9.21 Å². The van der Waals surface area contributed by atoms with Gasteiger partial charge in [0.25, 0.3) is 0 Å². The molecule has 1 unspecified atom stereocenters. The van der Waals surface area contributed by atoms with Gasteiger partial charge in [0.2, 0.25) is 5.91 Å². The quantitative estimate of drug-likeness (QED) is 0.822. The summed E-state index contributed by atoms with van der Waals surface area (Å²) >= 11 is 0. The van der Waals surface area contributed by atoms with Crippen molar-refractivity contribution in [3.05, 3.63) is 54.3 Å². The lowest BCUT2D eigenvalue weighted by Crippen LogP contribution is -2.31. The number of hydrogen-bond acceptors (Lipinski definition) is 2. The van der Waals surface area contributed by atoms with Gasteiger partial charge in [-0.25, -0.2) is 0 Å². The summed E-state index contributed by atoms with van der Waals surface area (Å²) in [5, 5.41) is 2.95. The van der Waals surface area contributed by atoms with Gasteiger partial charge in [-0.1, -0.05) is 0 Å². The first-order valence-electron chi connectivity index (χ1n) is 6.77. The highest BCUT2D eigenvalue weighted by Gasteiger charge is 2.06. The molecule has 0 saturated heterocycles. The van der Waals surface area contributed by atoms with Crippen molar-refractivity contribution in [1.82, 2.24) is 9.88 Å². The maximum atomic E-state index is 11.7. The molecule has 1 amide bonds. The monoisotopic (exact) mass is 272 g/mol. The highest BCUT2D eigenvalue weighted by molar-refractivity contribution is 5.91. The summed E-state index contributed by atoms with van der Waals surface area (Å²) in [4.78, 5) is 11.7. The first-order chi connectivity index (χ1) is 9.65. The molecule has 106 valence electrons. The van der Waals surface area contributed by atoms with Crippen LogP contribution in [0.5, 0.6) is 0 Å². The fourth-order valence-electron chi connectivity index (χ4n) is 2.03. The molecule has 1 N–H and O–H groups in total. The maximum Gasteiger partial charge on any atom is 0.244 e. The SMILES string of the molecule is CC(CCc1cccn1C)NC(=O)/C=C/c1ccco1. The zero-order chi connectivity index (χ0) is 14.4. The maximum absolute atomic E-state index is 11.7. The fraction of sp³-hybridized carbons (Fsp3) is 0.312. The Morgan fingerprint density at radius 2 is 2.30 bits per heavy atom. The van der Waals surface area contributed by atoms with E-state index in [4.69, 9.17) is 4.42 Å². The first kappa shape index (κ1) is 14.2. The van der Waals surface area contributed by atoms with Crippen molar-refractivity contribution in [3.63, 3.8) is 0 Å². The van der Waals surface area contributed by atoms with Crippen molar-refractivity contribution in [2.24, 2.45) is 7.05 Å². The molecule has 0 bridgehead atoms. The molecular formula is C16H20N2O2. The Labute approximate surface area is 119 Å². The minimum absolute atomic E-state index is 0.0965. The van der Waals surface area contributed by atoms with Crippen LogP contribution in [0, 0.1) is 0 Å². The number of carbonyl (C=O) groups is 1. The van der Waals surface area contributed by atoms with Crippen molar-refractivity contribution >= 4 is 12.0 Å². The van der Waals surface area contributed by atoms with Gasteiger partial charge >= 0.3 is 0 Å². The Bertz CT molecular complexity index is 567. The summed E-state index contributed by atoms with van der Waals surface area (Å²) in [7, 11) is 2.03. The van der Waals surface area contributed by atoms with Gasteiger partial charge < -0.3 is 14.3 Å². The highest BCUT2D eigenvalue weighted by atomic mass is 16.3. The van der Waals surface area contributed by atoms with E-state index in [1.54, 1.807) is 18.4 Å². The molecule has 4 heteroatoms. The second-order valence-electron chi connectivity index (χ2n) is 4.91. The van der Waals surface area contributed by atoms with Gasteiger partial charge in [-0.3, -0.25) is 4.79 Å². The summed E-state index contributed by atoms with van der Waals surface area (Å²) in [6.07, 6.45) is 8.65. The third-order valence-electron chi connectivity index (χ3n) is 3.22. The van der Waals surface area contributed by atoms with E-state index in [0.717, 1.165) is 12.8 Å². The number of nitrogens with zero attached hydrogens (tertiary/aromatic N) is 1. The molecule has 2 aromatic rings. The van der Waals surface area contributed by atoms with Crippen LogP contribution in [0.4, 0.5) is 0 Å². The molecule has 0 saturated carbocycles. The molecule has 20 heavy (non-hydrogen) atoms. The van der Waals surface area contributed by atoms with Crippen LogP contribution in [0.15, 0.2) is 47.2 Å². The van der Waals surface area contributed by atoms with E-state index in [9.17, 15) is 4.79 Å². The van der Waals surface area contributed by atoms with Gasteiger partial charge in [-0.05, 0) is 50.1 Å². The summed E-state index contributed by atoms with van der Waals surface area (Å²) < 4.78 is 7.23. The van der Waals surface area contributed by atoms with Crippen LogP contribution in [0.3, 0.4) is 0 Å². The lowest BCUT2D eigenvalue weighted by Gasteiger charge is -2.12. The number of hydrogen-bond donors (Lipinski definition) is 1. The molecule has 0 radical (unpaired) electrons. The average molecular weight is 272 g/mol. The molecule has 0 aromatic carbocycles. The Morgan fingerprint density at radius 3 is 2.95 bits per heavy atom. The Morgan fingerprint density at radius 1 is 1.45 bits per heavy atom. The van der Waals surface area contributed by atoms with Gasteiger partial charge in [0, 0.05) is 31.1 Å². The molecule has 0 fully saturated rings. The number of aryl methyl sites for hydroxylation is 2. The van der Waals surface area contributed by atoms with Crippen molar-refractivity contribution in [2.45, 2.75) is 25.8 Å². The molecule has 0 aliphatic heterocycles. The molecule has 0 aliphatic carbocycles.